The standard InChI is InChI=1S/C22H29FN4O3/c1-2-25-22(29)15-27-9-7-26(8-10-27)14-20(28)16-30-21-12-18(11-19(23)13-21)17-3-5-24-6-4-17/h3-6,11-13,20,28H,2,7-10,14-16H2,1H3,(H,25,29). The van der Waals surface area contributed by atoms with E-state index in [2.05, 4.69) is 20.1 Å². The van der Waals surface area contributed by atoms with Gasteiger partial charge in [0.25, 0.3) is 0 Å². The molecular weight excluding hydrogens is 387 g/mol. The molecule has 1 amide bonds. The van der Waals surface area contributed by atoms with Crippen LogP contribution in [-0.4, -0.2) is 84.3 Å². The number of amides is 1. The van der Waals surface area contributed by atoms with E-state index in [1.165, 1.54) is 12.1 Å². The fraction of sp³-hybridized carbons (Fsp3) is 0.455. The van der Waals surface area contributed by atoms with Gasteiger partial charge in [0, 0.05) is 57.7 Å². The van der Waals surface area contributed by atoms with Crippen LogP contribution in [0.3, 0.4) is 0 Å². The third kappa shape index (κ3) is 6.76. The number of nitrogens with one attached hydrogen (secondary N) is 1. The normalized spacial score (nSPS) is 16.2. The van der Waals surface area contributed by atoms with Crippen LogP contribution in [0.5, 0.6) is 5.75 Å². The predicted molar refractivity (Wildman–Crippen MR) is 113 cm³/mol. The maximum absolute atomic E-state index is 14.0. The lowest BCUT2D eigenvalue weighted by atomic mass is 10.1. The van der Waals surface area contributed by atoms with Crippen molar-refractivity contribution in [2.24, 2.45) is 0 Å². The van der Waals surface area contributed by atoms with Gasteiger partial charge in [0.15, 0.2) is 0 Å². The van der Waals surface area contributed by atoms with Gasteiger partial charge in [-0.25, -0.2) is 4.39 Å². The van der Waals surface area contributed by atoms with Gasteiger partial charge in [-0.15, -0.1) is 0 Å². The number of piperazine rings is 1. The Bertz CT molecular complexity index is 813. The summed E-state index contributed by atoms with van der Waals surface area (Å²) in [5.41, 5.74) is 1.55. The van der Waals surface area contributed by atoms with E-state index < -0.39 is 11.9 Å². The number of hydrogen-bond donors (Lipinski definition) is 2. The molecule has 162 valence electrons. The van der Waals surface area contributed by atoms with Crippen LogP contribution in [0.1, 0.15) is 6.92 Å². The molecule has 1 aliphatic heterocycles. The minimum Gasteiger partial charge on any atom is -0.491 e. The van der Waals surface area contributed by atoms with Crippen molar-refractivity contribution in [2.45, 2.75) is 13.0 Å². The predicted octanol–water partition coefficient (Wildman–Crippen LogP) is 1.38. The number of likely N-dealkylation sites (N-methyl/N-ethyl adjacent to an activating group) is 1. The molecule has 1 aliphatic rings. The average molecular weight is 416 g/mol. The van der Waals surface area contributed by atoms with E-state index >= 15 is 0 Å². The number of ether oxygens (including phenoxy) is 1. The topological polar surface area (TPSA) is 77.9 Å². The number of rotatable bonds is 9. The Labute approximate surface area is 176 Å². The molecule has 1 fully saturated rings. The lowest BCUT2D eigenvalue weighted by Crippen LogP contribution is -2.51. The van der Waals surface area contributed by atoms with Crippen molar-refractivity contribution >= 4 is 5.91 Å². The summed E-state index contributed by atoms with van der Waals surface area (Å²) in [6.45, 7) is 6.63. The zero-order chi connectivity index (χ0) is 21.3. The highest BCUT2D eigenvalue weighted by Crippen LogP contribution is 2.25. The molecule has 1 atom stereocenters. The third-order valence-corrected chi connectivity index (χ3v) is 5.00. The van der Waals surface area contributed by atoms with E-state index in [9.17, 15) is 14.3 Å². The Balaban J connectivity index is 1.45. The number of pyridine rings is 1. The van der Waals surface area contributed by atoms with Crippen molar-refractivity contribution in [3.05, 3.63) is 48.5 Å². The Hall–Kier alpha value is -2.55. The maximum Gasteiger partial charge on any atom is 0.234 e. The van der Waals surface area contributed by atoms with Gasteiger partial charge in [-0.05, 0) is 42.3 Å². The molecule has 0 bridgehead atoms. The van der Waals surface area contributed by atoms with Crippen molar-refractivity contribution in [1.29, 1.82) is 0 Å². The van der Waals surface area contributed by atoms with Crippen LogP contribution >= 0.6 is 0 Å². The van der Waals surface area contributed by atoms with Gasteiger partial charge in [-0.1, -0.05) is 0 Å². The molecule has 1 saturated heterocycles. The molecule has 0 radical (unpaired) electrons. The molecule has 3 rings (SSSR count). The van der Waals surface area contributed by atoms with E-state index in [0.29, 0.717) is 30.9 Å². The number of nitrogens with zero attached hydrogens (tertiary/aromatic N) is 3. The van der Waals surface area contributed by atoms with Crippen LogP contribution in [0, 0.1) is 5.82 Å². The van der Waals surface area contributed by atoms with Crippen molar-refractivity contribution in [3.8, 4) is 16.9 Å². The van der Waals surface area contributed by atoms with Gasteiger partial charge >= 0.3 is 0 Å². The first kappa shape index (κ1) is 22.1. The lowest BCUT2D eigenvalue weighted by Gasteiger charge is -2.35. The molecule has 1 unspecified atom stereocenters. The van der Waals surface area contributed by atoms with Crippen molar-refractivity contribution in [3.63, 3.8) is 0 Å². The highest BCUT2D eigenvalue weighted by molar-refractivity contribution is 5.77. The highest BCUT2D eigenvalue weighted by Gasteiger charge is 2.21. The Morgan fingerprint density at radius 1 is 1.17 bits per heavy atom. The fourth-order valence-electron chi connectivity index (χ4n) is 3.49. The summed E-state index contributed by atoms with van der Waals surface area (Å²) in [5, 5.41) is 13.2. The van der Waals surface area contributed by atoms with Crippen LogP contribution in [0.25, 0.3) is 11.1 Å². The van der Waals surface area contributed by atoms with E-state index in [-0.39, 0.29) is 12.5 Å². The second-order valence-corrected chi connectivity index (χ2v) is 7.41. The molecule has 0 saturated carbocycles. The molecule has 7 nitrogen and oxygen atoms in total. The minimum absolute atomic E-state index is 0.0422. The number of carbonyl (C=O) groups excluding carboxylic acids is 1. The second-order valence-electron chi connectivity index (χ2n) is 7.41. The SMILES string of the molecule is CCNC(=O)CN1CCN(CC(O)COc2cc(F)cc(-c3ccncc3)c2)CC1. The summed E-state index contributed by atoms with van der Waals surface area (Å²) in [6.07, 6.45) is 2.62. The molecule has 0 spiro atoms. The zero-order valence-electron chi connectivity index (χ0n) is 17.3. The summed E-state index contributed by atoms with van der Waals surface area (Å²) in [4.78, 5) is 19.9. The maximum atomic E-state index is 14.0. The zero-order valence-corrected chi connectivity index (χ0v) is 17.3. The van der Waals surface area contributed by atoms with Gasteiger partial charge < -0.3 is 15.2 Å². The Morgan fingerprint density at radius 2 is 1.87 bits per heavy atom. The van der Waals surface area contributed by atoms with Gasteiger partial charge in [0.05, 0.1) is 6.54 Å². The molecule has 1 aromatic carbocycles. The summed E-state index contributed by atoms with van der Waals surface area (Å²) in [7, 11) is 0. The van der Waals surface area contributed by atoms with Crippen LogP contribution < -0.4 is 10.1 Å². The summed E-state index contributed by atoms with van der Waals surface area (Å²) in [6, 6.07) is 8.12. The summed E-state index contributed by atoms with van der Waals surface area (Å²) in [5.74, 6) is 0.0327. The van der Waals surface area contributed by atoms with Gasteiger partial charge in [0.1, 0.15) is 24.3 Å². The minimum atomic E-state index is -0.687. The van der Waals surface area contributed by atoms with E-state index in [1.54, 1.807) is 30.6 Å². The van der Waals surface area contributed by atoms with Gasteiger partial charge in [-0.3, -0.25) is 19.6 Å². The number of hydrogen-bond acceptors (Lipinski definition) is 6. The first-order valence-electron chi connectivity index (χ1n) is 10.3. The summed E-state index contributed by atoms with van der Waals surface area (Å²) < 4.78 is 19.6. The highest BCUT2D eigenvalue weighted by atomic mass is 19.1. The second kappa shape index (κ2) is 11.0. The van der Waals surface area contributed by atoms with E-state index in [4.69, 9.17) is 4.74 Å². The quantitative estimate of drug-likeness (QED) is 0.643. The summed E-state index contributed by atoms with van der Waals surface area (Å²) >= 11 is 0. The largest absolute Gasteiger partial charge is 0.491 e. The smallest absolute Gasteiger partial charge is 0.234 e. The number of aliphatic hydroxyl groups excluding tert-OH is 1. The number of β-amino-alcohol motifs (C(OH)–C–C–N with tert-alkyl or cyclic N) is 1. The number of halogens is 1. The first-order valence-corrected chi connectivity index (χ1v) is 10.3. The number of carbonyl (C=O) groups is 1. The van der Waals surface area contributed by atoms with Crippen LogP contribution in [0.2, 0.25) is 0 Å². The monoisotopic (exact) mass is 416 g/mol. The van der Waals surface area contributed by atoms with E-state index in [1.807, 2.05) is 6.92 Å². The van der Waals surface area contributed by atoms with Crippen molar-refractivity contribution < 1.29 is 19.0 Å². The molecule has 2 aromatic rings. The molecule has 8 heteroatoms. The average Bonchev–Trinajstić information content (AvgIpc) is 2.74. The third-order valence-electron chi connectivity index (χ3n) is 5.00. The van der Waals surface area contributed by atoms with Crippen molar-refractivity contribution in [2.75, 3.05) is 52.4 Å². The van der Waals surface area contributed by atoms with Crippen LogP contribution in [0.15, 0.2) is 42.7 Å². The molecule has 0 aliphatic carbocycles. The lowest BCUT2D eigenvalue weighted by molar-refractivity contribution is -0.122. The Kier molecular flexibility index (Phi) is 8.12. The number of aliphatic hydroxyl groups is 1. The fourth-order valence-corrected chi connectivity index (χ4v) is 3.49. The molecule has 2 heterocycles. The van der Waals surface area contributed by atoms with Crippen LogP contribution in [0.4, 0.5) is 4.39 Å². The molecule has 1 aromatic heterocycles. The Morgan fingerprint density at radius 3 is 2.57 bits per heavy atom. The molecule has 30 heavy (non-hydrogen) atoms. The van der Waals surface area contributed by atoms with Gasteiger partial charge in [-0.2, -0.15) is 0 Å². The van der Waals surface area contributed by atoms with Crippen LogP contribution in [-0.2, 0) is 4.79 Å². The van der Waals surface area contributed by atoms with Gasteiger partial charge in [0.2, 0.25) is 5.91 Å². The number of benzene rings is 1. The first-order chi connectivity index (χ1) is 14.5. The van der Waals surface area contributed by atoms with Crippen molar-refractivity contribution in [1.82, 2.24) is 20.1 Å². The molecule has 2 N–H and O–H groups in total. The molecular formula is C22H29FN4O3. The number of aromatic nitrogens is 1. The van der Waals surface area contributed by atoms with E-state index in [0.717, 1.165) is 31.7 Å².